The van der Waals surface area contributed by atoms with Crippen LogP contribution < -0.4 is 0 Å². The van der Waals surface area contributed by atoms with Gasteiger partial charge < -0.3 is 24.1 Å². The van der Waals surface area contributed by atoms with Crippen LogP contribution in [0.1, 0.15) is 89.5 Å². The van der Waals surface area contributed by atoms with Gasteiger partial charge in [0.15, 0.2) is 6.10 Å². The number of carboxylic acid groups (broad SMARTS) is 1. The topological polar surface area (TPSA) is 74.2 Å². The first-order valence-corrected chi connectivity index (χ1v) is 19.0. The average Bonchev–Trinajstić information content (AvgIpc) is 3.02. The SMILES string of the molecule is C=C1C=C(C(C)(C)C)C=CC1OC(CC(=O)O)C(OC1C=CC(C(C)(C)C)=CC1=C)(OC1C=CC(C(C)(C)C)=CC1=C)OC1C=CC(C(C)(C)C)=CC1=C. The molecule has 0 bridgehead atoms. The van der Waals surface area contributed by atoms with Crippen LogP contribution >= 0.6 is 0 Å². The van der Waals surface area contributed by atoms with E-state index in [0.717, 1.165) is 22.3 Å². The molecule has 6 nitrogen and oxygen atoms in total. The molecule has 4 aliphatic rings. The fourth-order valence-corrected chi connectivity index (χ4v) is 6.36. The summed E-state index contributed by atoms with van der Waals surface area (Å²) in [6.45, 7) is 43.1. The van der Waals surface area contributed by atoms with Crippen molar-refractivity contribution in [2.45, 2.75) is 126 Å². The Bertz CT molecular complexity index is 1640. The second-order valence-electron chi connectivity index (χ2n) is 19.0. The van der Waals surface area contributed by atoms with Gasteiger partial charge >= 0.3 is 11.9 Å². The van der Waals surface area contributed by atoms with Gasteiger partial charge in [-0.15, -0.1) is 0 Å². The summed E-state index contributed by atoms with van der Waals surface area (Å²) in [5.74, 6) is -3.26. The molecule has 0 fully saturated rings. The molecule has 0 aromatic rings. The minimum atomic E-state index is -2.14. The molecule has 6 heteroatoms. The molecule has 4 aliphatic carbocycles. The Balaban J connectivity index is 1.90. The van der Waals surface area contributed by atoms with Crippen LogP contribution in [-0.2, 0) is 23.7 Å². The zero-order chi connectivity index (χ0) is 40.6. The summed E-state index contributed by atoms with van der Waals surface area (Å²) in [4.78, 5) is 12.9. The van der Waals surface area contributed by atoms with Gasteiger partial charge in [-0.25, -0.2) is 0 Å². The maximum atomic E-state index is 12.9. The van der Waals surface area contributed by atoms with Crippen molar-refractivity contribution >= 4 is 5.97 Å². The Hall–Kier alpha value is -3.81. The number of aliphatic carboxylic acids is 1. The fourth-order valence-electron chi connectivity index (χ4n) is 6.36. The van der Waals surface area contributed by atoms with E-state index in [0.29, 0.717) is 22.3 Å². The van der Waals surface area contributed by atoms with Crippen molar-refractivity contribution in [2.24, 2.45) is 21.7 Å². The summed E-state index contributed by atoms with van der Waals surface area (Å²) in [5, 5.41) is 10.5. The van der Waals surface area contributed by atoms with Gasteiger partial charge in [-0.2, -0.15) is 0 Å². The number of hydrogen-bond donors (Lipinski definition) is 1. The fraction of sp³-hybridized carbons (Fsp3) is 0.479. The third-order valence-corrected chi connectivity index (χ3v) is 10.0. The van der Waals surface area contributed by atoms with Crippen LogP contribution in [0.3, 0.4) is 0 Å². The molecular weight excluding hydrogens is 673 g/mol. The number of carboxylic acids is 1. The van der Waals surface area contributed by atoms with Gasteiger partial charge in [0.05, 0.1) is 6.42 Å². The highest BCUT2D eigenvalue weighted by Gasteiger charge is 2.52. The van der Waals surface area contributed by atoms with E-state index in [1.54, 1.807) is 0 Å². The summed E-state index contributed by atoms with van der Waals surface area (Å²) in [6.07, 6.45) is 18.9. The zero-order valence-electron chi connectivity index (χ0n) is 34.8. The van der Waals surface area contributed by atoms with Crippen LogP contribution in [0.4, 0.5) is 0 Å². The molecular formula is C48H64O6. The molecule has 292 valence electrons. The summed E-state index contributed by atoms with van der Waals surface area (Å²) in [7, 11) is 0. The van der Waals surface area contributed by atoms with E-state index in [1.807, 2.05) is 72.9 Å². The summed E-state index contributed by atoms with van der Waals surface area (Å²) in [6, 6.07) is 0. The minimum absolute atomic E-state index is 0.128. The van der Waals surface area contributed by atoms with Crippen molar-refractivity contribution in [3.05, 3.63) is 144 Å². The lowest BCUT2D eigenvalue weighted by molar-refractivity contribution is -0.432. The largest absolute Gasteiger partial charge is 0.481 e. The Morgan fingerprint density at radius 2 is 0.796 bits per heavy atom. The number of allylic oxidation sites excluding steroid dienone is 8. The van der Waals surface area contributed by atoms with Crippen molar-refractivity contribution in [3.63, 3.8) is 0 Å². The lowest BCUT2D eigenvalue weighted by atomic mass is 9.82. The van der Waals surface area contributed by atoms with E-state index in [2.05, 4.69) is 109 Å². The molecule has 4 rings (SSSR count). The maximum Gasteiger partial charge on any atom is 0.314 e. The van der Waals surface area contributed by atoms with Crippen LogP contribution in [0.25, 0.3) is 0 Å². The molecule has 0 spiro atoms. The molecule has 0 saturated carbocycles. The molecule has 0 radical (unpaired) electrons. The Morgan fingerprint density at radius 3 is 1.02 bits per heavy atom. The lowest BCUT2D eigenvalue weighted by Crippen LogP contribution is -2.58. The molecule has 0 amide bonds. The number of ether oxygens (including phenoxy) is 4. The van der Waals surface area contributed by atoms with Crippen LogP contribution in [0.5, 0.6) is 0 Å². The molecule has 54 heavy (non-hydrogen) atoms. The van der Waals surface area contributed by atoms with Crippen molar-refractivity contribution in [3.8, 4) is 0 Å². The molecule has 0 saturated heterocycles. The molecule has 5 unspecified atom stereocenters. The third-order valence-electron chi connectivity index (χ3n) is 10.0. The number of carbonyl (C=O) groups is 1. The quantitative estimate of drug-likeness (QED) is 0.213. The first-order valence-electron chi connectivity index (χ1n) is 19.0. The number of rotatable bonds is 11. The van der Waals surface area contributed by atoms with E-state index in [9.17, 15) is 9.90 Å². The van der Waals surface area contributed by atoms with Gasteiger partial charge in [-0.1, -0.05) is 182 Å². The summed E-state index contributed by atoms with van der Waals surface area (Å²) < 4.78 is 27.9. The average molecular weight is 737 g/mol. The van der Waals surface area contributed by atoms with E-state index < -0.39 is 48.9 Å². The van der Waals surface area contributed by atoms with Gasteiger partial charge in [0.1, 0.15) is 24.4 Å². The molecule has 0 aliphatic heterocycles. The smallest absolute Gasteiger partial charge is 0.314 e. The van der Waals surface area contributed by atoms with E-state index in [1.165, 1.54) is 0 Å². The first-order chi connectivity index (χ1) is 24.7. The highest BCUT2D eigenvalue weighted by molar-refractivity contribution is 5.67. The highest BCUT2D eigenvalue weighted by Crippen LogP contribution is 2.42. The molecule has 0 aromatic heterocycles. The van der Waals surface area contributed by atoms with Crippen molar-refractivity contribution in [1.29, 1.82) is 0 Å². The van der Waals surface area contributed by atoms with Gasteiger partial charge in [-0.05, 0) is 66.2 Å². The second kappa shape index (κ2) is 15.7. The van der Waals surface area contributed by atoms with E-state index in [4.69, 9.17) is 18.9 Å². The molecule has 0 aromatic carbocycles. The van der Waals surface area contributed by atoms with E-state index >= 15 is 0 Å². The minimum Gasteiger partial charge on any atom is -0.481 e. The predicted molar refractivity (Wildman–Crippen MR) is 222 cm³/mol. The normalized spacial score (nSPS) is 25.6. The Morgan fingerprint density at radius 1 is 0.537 bits per heavy atom. The van der Waals surface area contributed by atoms with Gasteiger partial charge in [0, 0.05) is 0 Å². The standard InChI is InChI=1S/C48H64O6/c1-30-25-34(44(5,6)7)17-21-38(30)51-42(29-43(49)50)48(52-39-22-18-35(26-31(39)2)45(8,9)10,53-40-23-19-36(27-32(40)3)46(11,12)13)54-41-24-20-37(28-33(41)4)47(14,15)16/h17-28,38-42H,1-4,29H2,5-16H3,(H,49,50). The van der Waals surface area contributed by atoms with Crippen LogP contribution in [0.15, 0.2) is 144 Å². The van der Waals surface area contributed by atoms with Gasteiger partial charge in [0.2, 0.25) is 0 Å². The first kappa shape index (κ1) is 42.9. The number of hydrogen-bond acceptors (Lipinski definition) is 5. The third kappa shape index (κ3) is 10.5. The van der Waals surface area contributed by atoms with Crippen LogP contribution in [0, 0.1) is 21.7 Å². The summed E-state index contributed by atoms with van der Waals surface area (Å²) >= 11 is 0. The lowest BCUT2D eigenvalue weighted by Gasteiger charge is -2.46. The molecule has 1 N–H and O–H groups in total. The molecule has 5 atom stereocenters. The van der Waals surface area contributed by atoms with Crippen molar-refractivity contribution in [2.75, 3.05) is 0 Å². The maximum absolute atomic E-state index is 12.9. The Labute approximate surface area is 325 Å². The van der Waals surface area contributed by atoms with Crippen LogP contribution in [0.2, 0.25) is 0 Å². The molecule has 0 heterocycles. The monoisotopic (exact) mass is 736 g/mol. The zero-order valence-corrected chi connectivity index (χ0v) is 34.8. The second-order valence-corrected chi connectivity index (χ2v) is 19.0. The van der Waals surface area contributed by atoms with Crippen molar-refractivity contribution in [1.82, 2.24) is 0 Å². The Kier molecular flexibility index (Phi) is 12.5. The van der Waals surface area contributed by atoms with Gasteiger partial charge in [-0.3, -0.25) is 4.79 Å². The predicted octanol–water partition coefficient (Wildman–Crippen LogP) is 11.4. The highest BCUT2D eigenvalue weighted by atomic mass is 16.9. The van der Waals surface area contributed by atoms with Crippen molar-refractivity contribution < 1.29 is 28.8 Å². The summed E-state index contributed by atoms with van der Waals surface area (Å²) in [5.41, 5.74) is 6.43. The van der Waals surface area contributed by atoms with E-state index in [-0.39, 0.29) is 21.7 Å². The van der Waals surface area contributed by atoms with Crippen LogP contribution in [-0.4, -0.2) is 47.6 Å². The van der Waals surface area contributed by atoms with Gasteiger partial charge in [0.25, 0.3) is 0 Å².